The van der Waals surface area contributed by atoms with Gasteiger partial charge in [0.1, 0.15) is 11.9 Å². The van der Waals surface area contributed by atoms with Crippen LogP contribution in [0.3, 0.4) is 0 Å². The predicted molar refractivity (Wildman–Crippen MR) is 107 cm³/mol. The van der Waals surface area contributed by atoms with Gasteiger partial charge in [0.05, 0.1) is 12.5 Å². The number of rotatable bonds is 6. The molecule has 1 heterocycles. The molecule has 2 N–H and O–H groups in total. The first-order chi connectivity index (χ1) is 14.3. The summed E-state index contributed by atoms with van der Waals surface area (Å²) >= 11 is 0. The zero-order valence-corrected chi connectivity index (χ0v) is 16.5. The number of nitrogens with zero attached hydrogens (tertiary/aromatic N) is 1. The van der Waals surface area contributed by atoms with Crippen LogP contribution in [0.2, 0.25) is 0 Å². The van der Waals surface area contributed by atoms with E-state index in [4.69, 9.17) is 4.74 Å². The van der Waals surface area contributed by atoms with Gasteiger partial charge in [-0.3, -0.25) is 9.59 Å². The summed E-state index contributed by atoms with van der Waals surface area (Å²) in [6.45, 7) is 1.35. The van der Waals surface area contributed by atoms with E-state index in [9.17, 15) is 23.9 Å². The minimum Gasteiger partial charge on any atom is -0.454 e. The van der Waals surface area contributed by atoms with Crippen LogP contribution in [0, 0.1) is 12.7 Å². The molecule has 0 aromatic heterocycles. The lowest BCUT2D eigenvalue weighted by Gasteiger charge is -2.23. The highest BCUT2D eigenvalue weighted by Gasteiger charge is 2.40. The third-order valence-electron chi connectivity index (χ3n) is 4.85. The number of anilines is 1. The van der Waals surface area contributed by atoms with Crippen LogP contribution in [-0.2, 0) is 25.5 Å². The molecule has 8 heteroatoms. The number of aliphatic hydroxyl groups excluding tert-OH is 1. The molecule has 0 aliphatic carbocycles. The summed E-state index contributed by atoms with van der Waals surface area (Å²) < 4.78 is 18.9. The largest absolute Gasteiger partial charge is 0.454 e. The summed E-state index contributed by atoms with van der Waals surface area (Å²) in [6.07, 6.45) is -1.13. The Labute approximate surface area is 173 Å². The molecule has 0 saturated carbocycles. The quantitative estimate of drug-likeness (QED) is 0.703. The van der Waals surface area contributed by atoms with Crippen molar-refractivity contribution < 1.29 is 28.6 Å². The van der Waals surface area contributed by atoms with E-state index in [0.717, 1.165) is 5.56 Å². The van der Waals surface area contributed by atoms with Gasteiger partial charge >= 0.3 is 5.97 Å². The van der Waals surface area contributed by atoms with Gasteiger partial charge in [0.15, 0.2) is 6.61 Å². The van der Waals surface area contributed by atoms with Crippen molar-refractivity contribution in [1.82, 2.24) is 4.90 Å². The van der Waals surface area contributed by atoms with Gasteiger partial charge in [-0.1, -0.05) is 35.9 Å². The average molecular weight is 414 g/mol. The fraction of sp³-hybridized carbons (Fsp3) is 0.318. The second-order valence-electron chi connectivity index (χ2n) is 7.24. The Morgan fingerprint density at radius 2 is 1.87 bits per heavy atom. The summed E-state index contributed by atoms with van der Waals surface area (Å²) in [5.41, 5.74) is 1.81. The van der Waals surface area contributed by atoms with Crippen molar-refractivity contribution in [2.75, 3.05) is 18.5 Å². The number of aliphatic hydroxyl groups is 1. The third-order valence-corrected chi connectivity index (χ3v) is 4.85. The van der Waals surface area contributed by atoms with E-state index in [0.29, 0.717) is 5.69 Å². The number of likely N-dealkylation sites (tertiary alicyclic amines) is 1. The average Bonchev–Trinajstić information content (AvgIpc) is 3.11. The molecule has 0 radical (unpaired) electrons. The number of β-amino-alcohol motifs (C(OH)–C–C–N with tert-alkyl or cyclic N) is 1. The molecular formula is C22H23FN2O5. The van der Waals surface area contributed by atoms with Crippen LogP contribution in [-0.4, -0.2) is 53.1 Å². The number of esters is 1. The van der Waals surface area contributed by atoms with Crippen molar-refractivity contribution in [3.63, 3.8) is 0 Å². The van der Waals surface area contributed by atoms with E-state index >= 15 is 0 Å². The predicted octanol–water partition coefficient (Wildman–Crippen LogP) is 1.82. The van der Waals surface area contributed by atoms with E-state index in [1.165, 1.54) is 23.1 Å². The number of carbonyl (C=O) groups excluding carboxylic acids is 3. The van der Waals surface area contributed by atoms with E-state index in [-0.39, 0.29) is 24.9 Å². The minimum absolute atomic E-state index is 0.00142. The second-order valence-corrected chi connectivity index (χ2v) is 7.24. The van der Waals surface area contributed by atoms with E-state index in [1.807, 2.05) is 19.1 Å². The third kappa shape index (κ3) is 5.42. The highest BCUT2D eigenvalue weighted by Crippen LogP contribution is 2.21. The van der Waals surface area contributed by atoms with Gasteiger partial charge in [0.2, 0.25) is 5.91 Å². The van der Waals surface area contributed by atoms with Gasteiger partial charge in [-0.25, -0.2) is 9.18 Å². The molecule has 30 heavy (non-hydrogen) atoms. The van der Waals surface area contributed by atoms with Crippen molar-refractivity contribution in [1.29, 1.82) is 0 Å². The van der Waals surface area contributed by atoms with Crippen molar-refractivity contribution in [3.05, 3.63) is 65.5 Å². The van der Waals surface area contributed by atoms with Crippen molar-refractivity contribution in [3.8, 4) is 0 Å². The number of hydrogen-bond acceptors (Lipinski definition) is 5. The molecule has 7 nitrogen and oxygen atoms in total. The number of benzene rings is 2. The van der Waals surface area contributed by atoms with Crippen molar-refractivity contribution >= 4 is 23.5 Å². The molecule has 158 valence electrons. The number of nitrogens with one attached hydrogen (secondary N) is 1. The summed E-state index contributed by atoms with van der Waals surface area (Å²) in [4.78, 5) is 38.2. The Morgan fingerprint density at radius 1 is 1.17 bits per heavy atom. The smallest absolute Gasteiger partial charge is 0.329 e. The van der Waals surface area contributed by atoms with E-state index < -0.39 is 42.4 Å². The van der Waals surface area contributed by atoms with E-state index in [1.54, 1.807) is 18.2 Å². The van der Waals surface area contributed by atoms with Crippen LogP contribution >= 0.6 is 0 Å². The molecule has 1 saturated heterocycles. The van der Waals surface area contributed by atoms with Gasteiger partial charge < -0.3 is 20.1 Å². The Hall–Kier alpha value is -3.26. The molecule has 2 atom stereocenters. The number of amides is 2. The fourth-order valence-electron chi connectivity index (χ4n) is 3.29. The molecule has 1 fully saturated rings. The molecule has 0 unspecified atom stereocenters. The number of ether oxygens (including phenoxy) is 1. The minimum atomic E-state index is -1.02. The lowest BCUT2D eigenvalue weighted by Crippen LogP contribution is -2.43. The standard InChI is InChI=1S/C22H23FN2O5/c1-14-6-8-16(9-7-14)24-20(27)13-30-22(29)19-11-17(26)12-25(19)21(28)10-15-4-2-3-5-18(15)23/h2-9,17,19,26H,10-13H2,1H3,(H,24,27)/t17-,19-/m0/s1. The van der Waals surface area contributed by atoms with E-state index in [2.05, 4.69) is 5.32 Å². The Balaban J connectivity index is 1.56. The van der Waals surface area contributed by atoms with Crippen LogP contribution in [0.5, 0.6) is 0 Å². The molecular weight excluding hydrogens is 391 g/mol. The molecule has 3 rings (SSSR count). The second kappa shape index (κ2) is 9.49. The number of aryl methyl sites for hydroxylation is 1. The summed E-state index contributed by atoms with van der Waals surface area (Å²) in [6, 6.07) is 12.0. The lowest BCUT2D eigenvalue weighted by atomic mass is 10.1. The summed E-state index contributed by atoms with van der Waals surface area (Å²) in [5, 5.41) is 12.5. The Bertz CT molecular complexity index is 931. The van der Waals surface area contributed by atoms with Crippen LogP contribution in [0.15, 0.2) is 48.5 Å². The topological polar surface area (TPSA) is 95.9 Å². The van der Waals surface area contributed by atoms with Crippen molar-refractivity contribution in [2.24, 2.45) is 0 Å². The fourth-order valence-corrected chi connectivity index (χ4v) is 3.29. The number of carbonyl (C=O) groups is 3. The maximum Gasteiger partial charge on any atom is 0.329 e. The normalized spacial score (nSPS) is 18.2. The summed E-state index contributed by atoms with van der Waals surface area (Å²) in [7, 11) is 0. The highest BCUT2D eigenvalue weighted by molar-refractivity contribution is 5.93. The molecule has 0 spiro atoms. The van der Waals surface area contributed by atoms with Crippen molar-refractivity contribution in [2.45, 2.75) is 31.9 Å². The first kappa shape index (κ1) is 21.4. The van der Waals surface area contributed by atoms with Crippen LogP contribution in [0.25, 0.3) is 0 Å². The number of hydrogen-bond donors (Lipinski definition) is 2. The first-order valence-electron chi connectivity index (χ1n) is 9.57. The SMILES string of the molecule is Cc1ccc(NC(=O)COC(=O)[C@@H]2C[C@H](O)CN2C(=O)Cc2ccccc2F)cc1. The first-order valence-corrected chi connectivity index (χ1v) is 9.57. The molecule has 2 amide bonds. The monoisotopic (exact) mass is 414 g/mol. The molecule has 1 aliphatic rings. The Morgan fingerprint density at radius 3 is 2.57 bits per heavy atom. The zero-order valence-electron chi connectivity index (χ0n) is 16.5. The van der Waals surface area contributed by atoms with Crippen LogP contribution < -0.4 is 5.32 Å². The van der Waals surface area contributed by atoms with Gasteiger partial charge in [-0.15, -0.1) is 0 Å². The maximum atomic E-state index is 13.8. The van der Waals surface area contributed by atoms with Crippen LogP contribution in [0.1, 0.15) is 17.5 Å². The van der Waals surface area contributed by atoms with Gasteiger partial charge in [-0.05, 0) is 30.7 Å². The molecule has 2 aromatic rings. The highest BCUT2D eigenvalue weighted by atomic mass is 19.1. The maximum absolute atomic E-state index is 13.8. The van der Waals surface area contributed by atoms with Crippen LogP contribution in [0.4, 0.5) is 10.1 Å². The Kier molecular flexibility index (Phi) is 6.79. The molecule has 0 bridgehead atoms. The van der Waals surface area contributed by atoms with Gasteiger partial charge in [0, 0.05) is 18.7 Å². The molecule has 2 aromatic carbocycles. The molecule has 1 aliphatic heterocycles. The summed E-state index contributed by atoms with van der Waals surface area (Å²) in [5.74, 6) is -2.32. The lowest BCUT2D eigenvalue weighted by molar-refractivity contribution is -0.155. The van der Waals surface area contributed by atoms with Gasteiger partial charge in [-0.2, -0.15) is 0 Å². The number of halogens is 1. The van der Waals surface area contributed by atoms with Gasteiger partial charge in [0.25, 0.3) is 5.91 Å². The zero-order chi connectivity index (χ0) is 21.7.